The highest BCUT2D eigenvalue weighted by molar-refractivity contribution is 14.1. The Labute approximate surface area is 178 Å². The molecule has 3 aromatic carbocycles. The van der Waals surface area contributed by atoms with Gasteiger partial charge in [-0.25, -0.2) is 12.7 Å². The number of benzene rings is 3. The highest BCUT2D eigenvalue weighted by Gasteiger charge is 2.29. The van der Waals surface area contributed by atoms with E-state index in [2.05, 4.69) is 0 Å². The van der Waals surface area contributed by atoms with Crippen LogP contribution in [0.5, 0.6) is 0 Å². The molecule has 0 aliphatic carbocycles. The number of sulfonamides is 1. The van der Waals surface area contributed by atoms with Crippen molar-refractivity contribution in [2.75, 3.05) is 0 Å². The minimum Gasteiger partial charge on any atom is -0.236 e. The summed E-state index contributed by atoms with van der Waals surface area (Å²) in [6.07, 6.45) is 0. The Kier molecular flexibility index (Phi) is 6.51. The standard InChI is InChI=1S/C22H19FINO2S/c1-17-12-14-20(15-13-17)28(26,27)25(16-18-8-4-2-5-9-18)22(23)21(24)19-10-6-3-7-11-19/h2-15H,16H2,1H3/b22-21-. The van der Waals surface area contributed by atoms with Gasteiger partial charge in [-0.3, -0.25) is 0 Å². The van der Waals surface area contributed by atoms with Crippen molar-refractivity contribution in [3.63, 3.8) is 0 Å². The Morgan fingerprint density at radius 1 is 0.893 bits per heavy atom. The molecule has 144 valence electrons. The smallest absolute Gasteiger partial charge is 0.236 e. The number of nitrogens with zero attached hydrogens (tertiary/aromatic N) is 1. The van der Waals surface area contributed by atoms with Crippen LogP contribution in [0.15, 0.2) is 95.8 Å². The maximum atomic E-state index is 15.5. The van der Waals surface area contributed by atoms with Gasteiger partial charge in [-0.15, -0.1) is 0 Å². The monoisotopic (exact) mass is 507 g/mol. The highest BCUT2D eigenvalue weighted by Crippen LogP contribution is 2.33. The molecule has 0 amide bonds. The Morgan fingerprint density at radius 3 is 2.00 bits per heavy atom. The van der Waals surface area contributed by atoms with E-state index in [1.807, 2.05) is 41.6 Å². The molecule has 0 spiro atoms. The number of hydrogen-bond acceptors (Lipinski definition) is 2. The average molecular weight is 507 g/mol. The maximum Gasteiger partial charge on any atom is 0.266 e. The maximum absolute atomic E-state index is 15.5. The van der Waals surface area contributed by atoms with Crippen LogP contribution in [-0.4, -0.2) is 12.7 Å². The van der Waals surface area contributed by atoms with E-state index >= 15 is 4.39 Å². The fourth-order valence-corrected chi connectivity index (χ4v) is 4.83. The van der Waals surface area contributed by atoms with Crippen LogP contribution in [0.2, 0.25) is 0 Å². The lowest BCUT2D eigenvalue weighted by molar-refractivity contribution is 0.383. The topological polar surface area (TPSA) is 37.4 Å². The van der Waals surface area contributed by atoms with Gasteiger partial charge < -0.3 is 0 Å². The predicted octanol–water partition coefficient (Wildman–Crippen LogP) is 5.92. The third kappa shape index (κ3) is 4.62. The summed E-state index contributed by atoms with van der Waals surface area (Å²) >= 11 is 1.85. The molecule has 3 aromatic rings. The summed E-state index contributed by atoms with van der Waals surface area (Å²) in [6, 6.07) is 24.3. The van der Waals surface area contributed by atoms with Gasteiger partial charge in [-0.2, -0.15) is 4.39 Å². The molecule has 28 heavy (non-hydrogen) atoms. The van der Waals surface area contributed by atoms with E-state index in [-0.39, 0.29) is 15.0 Å². The minimum atomic E-state index is -4.07. The van der Waals surface area contributed by atoms with Crippen LogP contribution >= 0.6 is 22.6 Å². The largest absolute Gasteiger partial charge is 0.266 e. The molecular weight excluding hydrogens is 488 g/mol. The van der Waals surface area contributed by atoms with Gasteiger partial charge in [0.25, 0.3) is 10.0 Å². The van der Waals surface area contributed by atoms with Gasteiger partial charge in [0, 0.05) is 0 Å². The van der Waals surface area contributed by atoms with Crippen molar-refractivity contribution in [2.45, 2.75) is 18.4 Å². The van der Waals surface area contributed by atoms with Crippen molar-refractivity contribution in [2.24, 2.45) is 0 Å². The van der Waals surface area contributed by atoms with E-state index in [1.54, 1.807) is 60.7 Å². The summed E-state index contributed by atoms with van der Waals surface area (Å²) in [5.74, 6) is -0.795. The first-order chi connectivity index (χ1) is 13.4. The van der Waals surface area contributed by atoms with Gasteiger partial charge in [0.05, 0.1) is 15.0 Å². The molecule has 0 aliphatic heterocycles. The molecule has 0 N–H and O–H groups in total. The molecule has 0 fully saturated rings. The van der Waals surface area contributed by atoms with Crippen molar-refractivity contribution in [3.05, 3.63) is 108 Å². The summed E-state index contributed by atoms with van der Waals surface area (Å²) in [6.45, 7) is 1.78. The van der Waals surface area contributed by atoms with Gasteiger partial charge >= 0.3 is 0 Å². The van der Waals surface area contributed by atoms with E-state index in [9.17, 15) is 8.42 Å². The van der Waals surface area contributed by atoms with Crippen LogP contribution in [0.1, 0.15) is 16.7 Å². The van der Waals surface area contributed by atoms with E-state index in [0.717, 1.165) is 9.87 Å². The van der Waals surface area contributed by atoms with E-state index in [1.165, 1.54) is 12.1 Å². The molecule has 6 heteroatoms. The van der Waals surface area contributed by atoms with Crippen LogP contribution in [0.4, 0.5) is 4.39 Å². The molecule has 3 nitrogen and oxygen atoms in total. The molecule has 0 atom stereocenters. The second kappa shape index (κ2) is 8.87. The van der Waals surface area contributed by atoms with E-state index < -0.39 is 16.0 Å². The average Bonchev–Trinajstić information content (AvgIpc) is 2.72. The Hall–Kier alpha value is -2.19. The van der Waals surface area contributed by atoms with Gasteiger partial charge in [-0.1, -0.05) is 78.4 Å². The molecule has 0 aliphatic rings. The van der Waals surface area contributed by atoms with Crippen molar-refractivity contribution in [1.82, 2.24) is 4.31 Å². The molecule has 0 aromatic heterocycles. The Morgan fingerprint density at radius 2 is 1.43 bits per heavy atom. The summed E-state index contributed by atoms with van der Waals surface area (Å²) in [4.78, 5) is 0.0569. The second-order valence-electron chi connectivity index (χ2n) is 6.28. The summed E-state index contributed by atoms with van der Waals surface area (Å²) in [7, 11) is -4.07. The normalized spacial score (nSPS) is 12.4. The predicted molar refractivity (Wildman–Crippen MR) is 119 cm³/mol. The van der Waals surface area contributed by atoms with Gasteiger partial charge in [0.1, 0.15) is 0 Å². The molecule has 0 saturated heterocycles. The lowest BCUT2D eigenvalue weighted by atomic mass is 10.2. The molecular formula is C22H19FINO2S. The van der Waals surface area contributed by atoms with Gasteiger partial charge in [0.2, 0.25) is 5.95 Å². The van der Waals surface area contributed by atoms with Gasteiger partial charge in [0.15, 0.2) is 0 Å². The fraction of sp³-hybridized carbons (Fsp3) is 0.0909. The lowest BCUT2D eigenvalue weighted by Crippen LogP contribution is -2.29. The summed E-state index contributed by atoms with van der Waals surface area (Å²) < 4.78 is 43.1. The van der Waals surface area contributed by atoms with Crippen molar-refractivity contribution < 1.29 is 12.8 Å². The zero-order chi connectivity index (χ0) is 20.1. The highest BCUT2D eigenvalue weighted by atomic mass is 127. The Bertz CT molecular complexity index is 1070. The molecule has 0 radical (unpaired) electrons. The van der Waals surface area contributed by atoms with Crippen LogP contribution in [0, 0.1) is 6.92 Å². The van der Waals surface area contributed by atoms with E-state index in [4.69, 9.17) is 0 Å². The van der Waals surface area contributed by atoms with Crippen molar-refractivity contribution in [3.8, 4) is 0 Å². The van der Waals surface area contributed by atoms with Crippen LogP contribution < -0.4 is 0 Å². The number of rotatable bonds is 6. The first-order valence-electron chi connectivity index (χ1n) is 8.63. The SMILES string of the molecule is Cc1ccc(S(=O)(=O)N(Cc2ccccc2)/C(F)=C(\I)c2ccccc2)cc1. The minimum absolute atomic E-state index is 0.0569. The number of hydrogen-bond donors (Lipinski definition) is 0. The first-order valence-corrected chi connectivity index (χ1v) is 11.2. The second-order valence-corrected chi connectivity index (χ2v) is 9.22. The first kappa shape index (κ1) is 20.5. The van der Waals surface area contributed by atoms with Crippen molar-refractivity contribution >= 4 is 36.2 Å². The van der Waals surface area contributed by atoms with Gasteiger partial charge in [-0.05, 0) is 52.8 Å². The third-order valence-electron chi connectivity index (χ3n) is 4.21. The molecule has 3 rings (SSSR count). The zero-order valence-corrected chi connectivity index (χ0v) is 18.2. The van der Waals surface area contributed by atoms with E-state index in [0.29, 0.717) is 11.1 Å². The summed E-state index contributed by atoms with van der Waals surface area (Å²) in [5, 5.41) is 0. The molecule has 0 bridgehead atoms. The van der Waals surface area contributed by atoms with Crippen LogP contribution in [0.25, 0.3) is 3.58 Å². The van der Waals surface area contributed by atoms with Crippen LogP contribution in [0.3, 0.4) is 0 Å². The quantitative estimate of drug-likeness (QED) is 0.307. The molecule has 0 heterocycles. The molecule has 0 unspecified atom stereocenters. The third-order valence-corrected chi connectivity index (χ3v) is 7.01. The summed E-state index contributed by atoms with van der Waals surface area (Å²) in [5.41, 5.74) is 2.26. The molecule has 0 saturated carbocycles. The fourth-order valence-electron chi connectivity index (χ4n) is 2.66. The lowest BCUT2D eigenvalue weighted by Gasteiger charge is -2.24. The Balaban J connectivity index is 2.10. The van der Waals surface area contributed by atoms with Crippen LogP contribution in [-0.2, 0) is 16.6 Å². The zero-order valence-electron chi connectivity index (χ0n) is 15.2. The number of halogens is 2. The number of aryl methyl sites for hydroxylation is 1. The van der Waals surface area contributed by atoms with Crippen molar-refractivity contribution in [1.29, 1.82) is 0 Å².